The van der Waals surface area contributed by atoms with Gasteiger partial charge in [-0.05, 0) is 103 Å². The molecule has 69 heavy (non-hydrogen) atoms. The van der Waals surface area contributed by atoms with Crippen LogP contribution < -0.4 is 0 Å². The number of rotatable bonds is 53. The molecule has 0 bridgehead atoms. The second kappa shape index (κ2) is 57.4. The van der Waals surface area contributed by atoms with Gasteiger partial charge in [-0.3, -0.25) is 14.4 Å². The molecule has 0 fully saturated rings. The summed E-state index contributed by atoms with van der Waals surface area (Å²) < 4.78 is 16.9. The zero-order chi connectivity index (χ0) is 50.0. The Morgan fingerprint density at radius 2 is 0.609 bits per heavy atom. The van der Waals surface area contributed by atoms with E-state index in [1.54, 1.807) is 0 Å². The Morgan fingerprint density at radius 1 is 0.319 bits per heavy atom. The van der Waals surface area contributed by atoms with Gasteiger partial charge in [0.1, 0.15) is 13.2 Å². The molecule has 0 rings (SSSR count). The summed E-state index contributed by atoms with van der Waals surface area (Å²) in [4.78, 5) is 38.2. The summed E-state index contributed by atoms with van der Waals surface area (Å²) in [5.41, 5.74) is 0. The molecule has 1 atom stereocenters. The molecule has 0 spiro atoms. The highest BCUT2D eigenvalue weighted by Gasteiger charge is 2.19. The van der Waals surface area contributed by atoms with Crippen LogP contribution in [0.5, 0.6) is 0 Å². The van der Waals surface area contributed by atoms with Gasteiger partial charge in [-0.2, -0.15) is 0 Å². The molecule has 398 valence electrons. The zero-order valence-corrected chi connectivity index (χ0v) is 45.6. The lowest BCUT2D eigenvalue weighted by atomic mass is 10.1. The summed E-state index contributed by atoms with van der Waals surface area (Å²) in [6.45, 7) is 6.51. The number of allylic oxidation sites excluding steroid dienone is 12. The number of carbonyl (C=O) groups excluding carboxylic acids is 3. The Hall–Kier alpha value is -3.15. The molecule has 0 radical (unpaired) electrons. The van der Waals surface area contributed by atoms with Crippen molar-refractivity contribution in [3.63, 3.8) is 0 Å². The maximum absolute atomic E-state index is 12.9. The van der Waals surface area contributed by atoms with Crippen LogP contribution in [-0.2, 0) is 28.6 Å². The van der Waals surface area contributed by atoms with E-state index in [1.165, 1.54) is 154 Å². The molecule has 0 aliphatic heterocycles. The van der Waals surface area contributed by atoms with Crippen molar-refractivity contribution in [1.82, 2.24) is 0 Å². The van der Waals surface area contributed by atoms with Gasteiger partial charge in [-0.25, -0.2) is 0 Å². The first kappa shape index (κ1) is 65.8. The van der Waals surface area contributed by atoms with Gasteiger partial charge < -0.3 is 14.2 Å². The molecule has 0 aromatic rings. The van der Waals surface area contributed by atoms with Crippen LogP contribution in [0.15, 0.2) is 72.9 Å². The summed E-state index contributed by atoms with van der Waals surface area (Å²) in [5.74, 6) is -0.921. The van der Waals surface area contributed by atoms with Crippen molar-refractivity contribution in [1.29, 1.82) is 0 Å². The predicted molar refractivity (Wildman–Crippen MR) is 298 cm³/mol. The van der Waals surface area contributed by atoms with E-state index in [1.807, 2.05) is 0 Å². The molecule has 0 aliphatic rings. The molecule has 6 heteroatoms. The van der Waals surface area contributed by atoms with Crippen molar-refractivity contribution >= 4 is 17.9 Å². The second-order valence-electron chi connectivity index (χ2n) is 19.5. The van der Waals surface area contributed by atoms with Crippen molar-refractivity contribution in [2.24, 2.45) is 0 Å². The lowest BCUT2D eigenvalue weighted by Crippen LogP contribution is -2.30. The Balaban J connectivity index is 4.42. The minimum atomic E-state index is -0.795. The van der Waals surface area contributed by atoms with Crippen molar-refractivity contribution in [3.05, 3.63) is 72.9 Å². The maximum Gasteiger partial charge on any atom is 0.306 e. The van der Waals surface area contributed by atoms with Crippen LogP contribution in [-0.4, -0.2) is 37.2 Å². The first-order valence-corrected chi connectivity index (χ1v) is 29.5. The van der Waals surface area contributed by atoms with E-state index in [2.05, 4.69) is 93.7 Å². The highest BCUT2D eigenvalue weighted by Crippen LogP contribution is 2.15. The fraction of sp³-hybridized carbons (Fsp3) is 0.762. The third-order valence-corrected chi connectivity index (χ3v) is 12.7. The first-order valence-electron chi connectivity index (χ1n) is 29.5. The lowest BCUT2D eigenvalue weighted by Gasteiger charge is -2.18. The Labute approximate surface area is 427 Å². The van der Waals surface area contributed by atoms with Gasteiger partial charge in [0, 0.05) is 19.3 Å². The van der Waals surface area contributed by atoms with Gasteiger partial charge in [0.2, 0.25) is 0 Å². The van der Waals surface area contributed by atoms with E-state index in [-0.39, 0.29) is 31.1 Å². The summed E-state index contributed by atoms with van der Waals surface area (Å²) >= 11 is 0. The Morgan fingerprint density at radius 3 is 1.00 bits per heavy atom. The molecular weight excluding hydrogens is 853 g/mol. The van der Waals surface area contributed by atoms with Crippen molar-refractivity contribution < 1.29 is 28.6 Å². The summed E-state index contributed by atoms with van der Waals surface area (Å²) in [7, 11) is 0. The number of hydrogen-bond donors (Lipinski definition) is 0. The van der Waals surface area contributed by atoms with E-state index in [0.717, 1.165) is 96.3 Å². The molecule has 0 aromatic carbocycles. The molecule has 6 nitrogen and oxygen atoms in total. The van der Waals surface area contributed by atoms with Gasteiger partial charge in [0.25, 0.3) is 0 Å². The van der Waals surface area contributed by atoms with Gasteiger partial charge >= 0.3 is 17.9 Å². The number of carbonyl (C=O) groups is 3. The fourth-order valence-electron chi connectivity index (χ4n) is 8.27. The molecule has 0 N–H and O–H groups in total. The molecule has 0 amide bonds. The topological polar surface area (TPSA) is 78.9 Å². The van der Waals surface area contributed by atoms with Crippen LogP contribution in [0, 0.1) is 0 Å². The van der Waals surface area contributed by atoms with Gasteiger partial charge in [-0.15, -0.1) is 0 Å². The molecule has 1 unspecified atom stereocenters. The van der Waals surface area contributed by atoms with E-state index < -0.39 is 6.10 Å². The van der Waals surface area contributed by atoms with Crippen LogP contribution in [0.3, 0.4) is 0 Å². The molecule has 0 saturated heterocycles. The van der Waals surface area contributed by atoms with Crippen LogP contribution in [0.25, 0.3) is 0 Å². The monoisotopic (exact) mass is 963 g/mol. The van der Waals surface area contributed by atoms with E-state index in [4.69, 9.17) is 14.2 Å². The van der Waals surface area contributed by atoms with E-state index in [0.29, 0.717) is 19.3 Å². The van der Waals surface area contributed by atoms with Gasteiger partial charge in [0.15, 0.2) is 6.10 Å². The fourth-order valence-corrected chi connectivity index (χ4v) is 8.27. The molecule has 0 aromatic heterocycles. The van der Waals surface area contributed by atoms with Crippen LogP contribution in [0.2, 0.25) is 0 Å². The largest absolute Gasteiger partial charge is 0.462 e. The SMILES string of the molecule is CC/C=C\C/C=C\C/C=C\CCCCCCCCCCCC(=O)OCC(COC(=O)CCCCCCC/C=C\CCCCCCCCC)OC(=O)CCCCC/C=C\C=C/CCCCCCCCC. The molecular formula is C63H110O6. The third-order valence-electron chi connectivity index (χ3n) is 12.7. The van der Waals surface area contributed by atoms with Crippen molar-refractivity contribution in [2.45, 2.75) is 297 Å². The van der Waals surface area contributed by atoms with Gasteiger partial charge in [0.05, 0.1) is 0 Å². The smallest absolute Gasteiger partial charge is 0.306 e. The van der Waals surface area contributed by atoms with E-state index in [9.17, 15) is 14.4 Å². The Bertz CT molecular complexity index is 1290. The second-order valence-corrected chi connectivity index (χ2v) is 19.5. The molecule has 0 aliphatic carbocycles. The quantitative estimate of drug-likeness (QED) is 0.0199. The van der Waals surface area contributed by atoms with Crippen molar-refractivity contribution in [2.75, 3.05) is 13.2 Å². The molecule has 0 heterocycles. The van der Waals surface area contributed by atoms with E-state index >= 15 is 0 Å². The maximum atomic E-state index is 12.9. The normalized spacial score (nSPS) is 12.6. The van der Waals surface area contributed by atoms with Crippen LogP contribution >= 0.6 is 0 Å². The summed E-state index contributed by atoms with van der Waals surface area (Å²) in [6.07, 6.45) is 73.2. The number of hydrogen-bond acceptors (Lipinski definition) is 6. The standard InChI is InChI=1S/C63H110O6/c1-4-7-10-13-16-19-22-25-28-31-32-33-36-38-41-44-47-50-53-56-62(65)68-59-60(69-63(66)57-54-51-48-45-42-39-35-30-27-24-21-18-15-12-9-6-3)58-67-61(64)55-52-49-46-43-40-37-34-29-26-23-20-17-14-11-8-5-2/h7,10,16,19,25,28-30,34-35,39,42,60H,4-6,8-9,11-15,17-18,20-24,26-27,31-33,36-38,40-41,43-59H2,1-3H3/b10-7-,19-16-,28-25-,34-29-,35-30-,42-39-. The van der Waals surface area contributed by atoms with Crippen molar-refractivity contribution in [3.8, 4) is 0 Å². The Kier molecular flexibility index (Phi) is 54.8. The average molecular weight is 964 g/mol. The average Bonchev–Trinajstić information content (AvgIpc) is 3.35. The lowest BCUT2D eigenvalue weighted by molar-refractivity contribution is -0.167. The minimum absolute atomic E-state index is 0.0909. The highest BCUT2D eigenvalue weighted by molar-refractivity contribution is 5.71. The van der Waals surface area contributed by atoms with Gasteiger partial charge in [-0.1, -0.05) is 241 Å². The first-order chi connectivity index (χ1) is 34.0. The minimum Gasteiger partial charge on any atom is -0.462 e. The number of ether oxygens (including phenoxy) is 3. The molecule has 0 saturated carbocycles. The zero-order valence-electron chi connectivity index (χ0n) is 45.6. The highest BCUT2D eigenvalue weighted by atomic mass is 16.6. The third kappa shape index (κ3) is 55.6. The summed E-state index contributed by atoms with van der Waals surface area (Å²) in [6, 6.07) is 0. The van der Waals surface area contributed by atoms with Crippen LogP contribution in [0.4, 0.5) is 0 Å². The summed E-state index contributed by atoms with van der Waals surface area (Å²) in [5, 5.41) is 0. The number of unbranched alkanes of at least 4 members (excludes halogenated alkanes) is 31. The number of esters is 3. The van der Waals surface area contributed by atoms with Crippen LogP contribution in [0.1, 0.15) is 290 Å². The predicted octanol–water partition coefficient (Wildman–Crippen LogP) is 19.8.